The highest BCUT2D eigenvalue weighted by atomic mass is 19.4. The second kappa shape index (κ2) is 7.95. The number of terminal acetylenes is 1. The number of aromatic nitrogens is 2. The Morgan fingerprint density at radius 1 is 1.33 bits per heavy atom. The lowest BCUT2D eigenvalue weighted by atomic mass is 10.2. The number of nitrogens with zero attached hydrogens (tertiary/aromatic N) is 3. The molecule has 1 amide bonds. The van der Waals surface area contributed by atoms with Crippen molar-refractivity contribution in [3.05, 3.63) is 51.9 Å². The molecule has 6 nitrogen and oxygen atoms in total. The molecule has 0 spiro atoms. The molecule has 0 saturated carbocycles. The summed E-state index contributed by atoms with van der Waals surface area (Å²) in [7, 11) is 1.54. The van der Waals surface area contributed by atoms with Crippen LogP contribution in [0.3, 0.4) is 0 Å². The number of amides is 1. The van der Waals surface area contributed by atoms with Gasteiger partial charge in [0.25, 0.3) is 11.5 Å². The van der Waals surface area contributed by atoms with Crippen LogP contribution in [0.15, 0.2) is 35.3 Å². The summed E-state index contributed by atoms with van der Waals surface area (Å²) in [4.78, 5) is 25.2. The van der Waals surface area contributed by atoms with Gasteiger partial charge in [-0.15, -0.1) is 6.42 Å². The van der Waals surface area contributed by atoms with Crippen molar-refractivity contribution < 1.29 is 22.7 Å². The molecule has 2 aromatic rings. The van der Waals surface area contributed by atoms with Crippen LogP contribution in [0.2, 0.25) is 0 Å². The highest BCUT2D eigenvalue weighted by molar-refractivity contribution is 5.77. The zero-order valence-electron chi connectivity index (χ0n) is 14.6. The topological polar surface area (TPSA) is 64.4 Å². The van der Waals surface area contributed by atoms with Crippen LogP contribution in [0, 0.1) is 19.3 Å². The highest BCUT2D eigenvalue weighted by Crippen LogP contribution is 2.29. The maximum atomic E-state index is 12.8. The summed E-state index contributed by atoms with van der Waals surface area (Å²) in [5, 5.41) is 3.59. The SMILES string of the molecule is C#CCN(C)C(=O)COc1ccc(-n2ncc(C(F)(F)F)c(C)c2=O)cc1. The van der Waals surface area contributed by atoms with Gasteiger partial charge in [-0.1, -0.05) is 5.92 Å². The van der Waals surface area contributed by atoms with Crippen LogP contribution in [0.25, 0.3) is 5.69 Å². The fourth-order valence-electron chi connectivity index (χ4n) is 2.17. The van der Waals surface area contributed by atoms with E-state index in [0.29, 0.717) is 11.9 Å². The van der Waals surface area contributed by atoms with Gasteiger partial charge < -0.3 is 9.64 Å². The molecular formula is C18H16F3N3O3. The predicted molar refractivity (Wildman–Crippen MR) is 91.5 cm³/mol. The quantitative estimate of drug-likeness (QED) is 0.746. The number of carbonyl (C=O) groups is 1. The number of rotatable bonds is 5. The van der Waals surface area contributed by atoms with E-state index in [1.165, 1.54) is 29.2 Å². The largest absolute Gasteiger partial charge is 0.484 e. The molecule has 0 aliphatic rings. The van der Waals surface area contributed by atoms with Crippen LogP contribution in [-0.4, -0.2) is 40.8 Å². The molecule has 27 heavy (non-hydrogen) atoms. The first-order valence-electron chi connectivity index (χ1n) is 7.72. The molecule has 0 saturated heterocycles. The van der Waals surface area contributed by atoms with Gasteiger partial charge in [-0.25, -0.2) is 0 Å². The van der Waals surface area contributed by atoms with Gasteiger partial charge in [0.1, 0.15) is 5.75 Å². The zero-order valence-corrected chi connectivity index (χ0v) is 14.6. The summed E-state index contributed by atoms with van der Waals surface area (Å²) < 4.78 is 44.7. The van der Waals surface area contributed by atoms with Crippen LogP contribution < -0.4 is 10.3 Å². The summed E-state index contributed by atoms with van der Waals surface area (Å²) >= 11 is 0. The lowest BCUT2D eigenvalue weighted by Crippen LogP contribution is -2.31. The van der Waals surface area contributed by atoms with E-state index in [-0.39, 0.29) is 24.7 Å². The van der Waals surface area contributed by atoms with Gasteiger partial charge >= 0.3 is 6.18 Å². The standard InChI is InChI=1S/C18H16F3N3O3/c1-4-9-23(3)16(25)11-27-14-7-5-13(6-8-14)24-17(26)12(2)15(10-22-24)18(19,20)21/h1,5-8,10H,9,11H2,2-3H3. The van der Waals surface area contributed by atoms with E-state index in [9.17, 15) is 22.8 Å². The summed E-state index contributed by atoms with van der Waals surface area (Å²) in [5.74, 6) is 2.37. The third-order valence-corrected chi connectivity index (χ3v) is 3.72. The zero-order chi connectivity index (χ0) is 20.2. The Morgan fingerprint density at radius 2 is 1.96 bits per heavy atom. The van der Waals surface area contributed by atoms with Gasteiger partial charge in [-0.05, 0) is 31.2 Å². The lowest BCUT2D eigenvalue weighted by Gasteiger charge is -2.14. The van der Waals surface area contributed by atoms with Gasteiger partial charge in [0, 0.05) is 12.6 Å². The first-order valence-corrected chi connectivity index (χ1v) is 7.72. The molecule has 0 aliphatic carbocycles. The van der Waals surface area contributed by atoms with E-state index in [4.69, 9.17) is 11.2 Å². The number of hydrogen-bond donors (Lipinski definition) is 0. The molecule has 0 unspecified atom stereocenters. The molecule has 0 aliphatic heterocycles. The molecule has 2 rings (SSSR count). The normalized spacial score (nSPS) is 11.0. The smallest absolute Gasteiger partial charge is 0.418 e. The first-order chi connectivity index (χ1) is 12.6. The van der Waals surface area contributed by atoms with Crippen LogP contribution in [0.4, 0.5) is 13.2 Å². The molecule has 1 aromatic carbocycles. The summed E-state index contributed by atoms with van der Waals surface area (Å²) in [5.41, 5.74) is -2.12. The Balaban J connectivity index is 2.17. The van der Waals surface area contributed by atoms with Crippen molar-refractivity contribution in [3.63, 3.8) is 0 Å². The number of alkyl halides is 3. The number of halogens is 3. The van der Waals surface area contributed by atoms with E-state index in [2.05, 4.69) is 11.0 Å². The highest BCUT2D eigenvalue weighted by Gasteiger charge is 2.34. The maximum absolute atomic E-state index is 12.8. The molecule has 9 heteroatoms. The number of benzene rings is 1. The van der Waals surface area contributed by atoms with Crippen molar-refractivity contribution in [3.8, 4) is 23.8 Å². The van der Waals surface area contributed by atoms with E-state index in [1.807, 2.05) is 0 Å². The minimum atomic E-state index is -4.65. The molecule has 0 fully saturated rings. The van der Waals surface area contributed by atoms with Gasteiger partial charge in [-0.3, -0.25) is 9.59 Å². The molecule has 1 aromatic heterocycles. The van der Waals surface area contributed by atoms with Gasteiger partial charge in [0.2, 0.25) is 0 Å². The Kier molecular flexibility index (Phi) is 5.90. The minimum absolute atomic E-state index is 0.156. The van der Waals surface area contributed by atoms with E-state index in [1.54, 1.807) is 7.05 Å². The van der Waals surface area contributed by atoms with Crippen molar-refractivity contribution >= 4 is 5.91 Å². The van der Waals surface area contributed by atoms with Crippen molar-refractivity contribution in [2.24, 2.45) is 0 Å². The number of hydrogen-bond acceptors (Lipinski definition) is 4. The number of likely N-dealkylation sites (N-methyl/N-ethyl adjacent to an activating group) is 1. The Morgan fingerprint density at radius 3 is 2.52 bits per heavy atom. The Labute approximate surface area is 153 Å². The molecule has 142 valence electrons. The third kappa shape index (κ3) is 4.67. The van der Waals surface area contributed by atoms with Gasteiger partial charge in [0.05, 0.1) is 24.0 Å². The van der Waals surface area contributed by atoms with Crippen LogP contribution >= 0.6 is 0 Å². The number of ether oxygens (including phenoxy) is 1. The van der Waals surface area contributed by atoms with Crippen molar-refractivity contribution in [1.29, 1.82) is 0 Å². The average molecular weight is 379 g/mol. The summed E-state index contributed by atoms with van der Waals surface area (Å²) in [6, 6.07) is 5.86. The second-order valence-corrected chi connectivity index (χ2v) is 5.63. The summed E-state index contributed by atoms with van der Waals surface area (Å²) in [6.45, 7) is 1.03. The monoisotopic (exact) mass is 379 g/mol. The van der Waals surface area contributed by atoms with E-state index < -0.39 is 22.9 Å². The van der Waals surface area contributed by atoms with E-state index in [0.717, 1.165) is 11.6 Å². The molecule has 1 heterocycles. The van der Waals surface area contributed by atoms with Crippen molar-refractivity contribution in [1.82, 2.24) is 14.7 Å². The van der Waals surface area contributed by atoms with Gasteiger partial charge in [-0.2, -0.15) is 23.0 Å². The van der Waals surface area contributed by atoms with Crippen LogP contribution in [0.1, 0.15) is 11.1 Å². The van der Waals surface area contributed by atoms with Crippen molar-refractivity contribution in [2.75, 3.05) is 20.2 Å². The first kappa shape index (κ1) is 20.0. The molecule has 0 atom stereocenters. The fraction of sp³-hybridized carbons (Fsp3) is 0.278. The van der Waals surface area contributed by atoms with Crippen molar-refractivity contribution in [2.45, 2.75) is 13.1 Å². The Bertz CT molecular complexity index is 928. The molecule has 0 N–H and O–H groups in total. The lowest BCUT2D eigenvalue weighted by molar-refractivity contribution is -0.138. The predicted octanol–water partition coefficient (Wildman–Crippen LogP) is 2.03. The number of carbonyl (C=O) groups excluding carboxylic acids is 1. The van der Waals surface area contributed by atoms with E-state index >= 15 is 0 Å². The maximum Gasteiger partial charge on any atom is 0.418 e. The third-order valence-electron chi connectivity index (χ3n) is 3.72. The van der Waals surface area contributed by atoms with Gasteiger partial charge in [0.15, 0.2) is 6.61 Å². The summed E-state index contributed by atoms with van der Waals surface area (Å²) in [6.07, 6.45) is 1.09. The average Bonchev–Trinajstić information content (AvgIpc) is 2.61. The molecular weight excluding hydrogens is 363 g/mol. The molecule has 0 bridgehead atoms. The minimum Gasteiger partial charge on any atom is -0.484 e. The van der Waals surface area contributed by atoms with Crippen LogP contribution in [0.5, 0.6) is 5.75 Å². The molecule has 0 radical (unpaired) electrons. The fourth-order valence-corrected chi connectivity index (χ4v) is 2.17. The Hall–Kier alpha value is -3.28. The second-order valence-electron chi connectivity index (χ2n) is 5.63. The van der Waals surface area contributed by atoms with Crippen LogP contribution in [-0.2, 0) is 11.0 Å².